The van der Waals surface area contributed by atoms with Crippen LogP contribution in [0.25, 0.3) is 0 Å². The third kappa shape index (κ3) is 3.89. The molecule has 2 rings (SSSR count). The first-order valence-corrected chi connectivity index (χ1v) is 9.29. The molecular weight excluding hydrogens is 308 g/mol. The fourth-order valence-electron chi connectivity index (χ4n) is 2.82. The van der Waals surface area contributed by atoms with Crippen LogP contribution < -0.4 is 5.32 Å². The van der Waals surface area contributed by atoms with E-state index in [0.29, 0.717) is 23.8 Å². The normalized spacial score (nSPS) is 20.8. The highest BCUT2D eigenvalue weighted by atomic mass is 32.2. The Balaban J connectivity index is 2.29. The largest absolute Gasteiger partial charge is 0.354 e. The summed E-state index contributed by atoms with van der Waals surface area (Å²) in [5.41, 5.74) is 1.64. The number of carbonyl (C=O) groups excluding carboxylic acids is 2. The van der Waals surface area contributed by atoms with E-state index in [-0.39, 0.29) is 23.2 Å². The second-order valence-electron chi connectivity index (χ2n) is 6.30. The molecule has 2 atom stereocenters. The number of carbonyl (C=O) groups is 2. The Morgan fingerprint density at radius 1 is 1.35 bits per heavy atom. The number of aryl methyl sites for hydroxylation is 1. The van der Waals surface area contributed by atoms with Gasteiger partial charge in [0.05, 0.1) is 5.37 Å². The molecule has 0 aromatic heterocycles. The van der Waals surface area contributed by atoms with Gasteiger partial charge in [0.15, 0.2) is 0 Å². The van der Waals surface area contributed by atoms with Gasteiger partial charge in [-0.2, -0.15) is 0 Å². The molecule has 5 heteroatoms. The lowest BCUT2D eigenvalue weighted by Gasteiger charge is -2.31. The molecule has 1 aliphatic heterocycles. The van der Waals surface area contributed by atoms with E-state index < -0.39 is 0 Å². The molecule has 0 aliphatic carbocycles. The van der Waals surface area contributed by atoms with Gasteiger partial charge in [0, 0.05) is 17.9 Å². The molecule has 23 heavy (non-hydrogen) atoms. The molecule has 0 spiro atoms. The minimum absolute atomic E-state index is 0.0376. The smallest absolute Gasteiger partial charge is 0.255 e. The Morgan fingerprint density at radius 3 is 2.65 bits per heavy atom. The second-order valence-corrected chi connectivity index (χ2v) is 7.45. The standard InChI is InChI=1S/C18H26N2O2S/c1-5-10-19-16(21)15-11-23-18(12(2)3)20(15)17(22)14-9-7-6-8-13(14)4/h6-9,12,15,18H,5,10-11H2,1-4H3,(H,19,21). The van der Waals surface area contributed by atoms with Gasteiger partial charge in [0.2, 0.25) is 5.91 Å². The molecule has 1 heterocycles. The summed E-state index contributed by atoms with van der Waals surface area (Å²) in [5, 5.41) is 2.98. The molecule has 1 fully saturated rings. The lowest BCUT2D eigenvalue weighted by atomic mass is 10.0. The van der Waals surface area contributed by atoms with Gasteiger partial charge in [-0.25, -0.2) is 0 Å². The van der Waals surface area contributed by atoms with Crippen molar-refractivity contribution in [3.63, 3.8) is 0 Å². The zero-order chi connectivity index (χ0) is 17.0. The highest BCUT2D eigenvalue weighted by Crippen LogP contribution is 2.35. The fraction of sp³-hybridized carbons (Fsp3) is 0.556. The highest BCUT2D eigenvalue weighted by molar-refractivity contribution is 8.00. The Kier molecular flexibility index (Phi) is 6.10. The first-order valence-electron chi connectivity index (χ1n) is 8.25. The summed E-state index contributed by atoms with van der Waals surface area (Å²) in [5.74, 6) is 0.889. The van der Waals surface area contributed by atoms with Crippen LogP contribution in [0.2, 0.25) is 0 Å². The maximum atomic E-state index is 13.1. The van der Waals surface area contributed by atoms with E-state index in [9.17, 15) is 9.59 Å². The summed E-state index contributed by atoms with van der Waals surface area (Å²) in [7, 11) is 0. The van der Waals surface area contributed by atoms with Crippen molar-refractivity contribution >= 4 is 23.6 Å². The lowest BCUT2D eigenvalue weighted by Crippen LogP contribution is -2.51. The minimum Gasteiger partial charge on any atom is -0.354 e. The molecule has 1 aliphatic rings. The SMILES string of the molecule is CCCNC(=O)C1CSC(C(C)C)N1C(=O)c1ccccc1C. The molecule has 1 saturated heterocycles. The lowest BCUT2D eigenvalue weighted by molar-refractivity contribution is -0.124. The van der Waals surface area contributed by atoms with Gasteiger partial charge in [0.25, 0.3) is 5.91 Å². The van der Waals surface area contributed by atoms with Crippen molar-refractivity contribution in [1.29, 1.82) is 0 Å². The summed E-state index contributed by atoms with van der Waals surface area (Å²) in [6.07, 6.45) is 0.894. The van der Waals surface area contributed by atoms with E-state index in [4.69, 9.17) is 0 Å². The van der Waals surface area contributed by atoms with Gasteiger partial charge in [-0.05, 0) is 30.9 Å². The molecule has 2 amide bonds. The van der Waals surface area contributed by atoms with Crippen molar-refractivity contribution in [2.24, 2.45) is 5.92 Å². The van der Waals surface area contributed by atoms with Gasteiger partial charge in [-0.3, -0.25) is 9.59 Å². The number of benzene rings is 1. The summed E-state index contributed by atoms with van der Waals surface area (Å²) in [6, 6.07) is 7.20. The van der Waals surface area contributed by atoms with Crippen molar-refractivity contribution in [3.8, 4) is 0 Å². The van der Waals surface area contributed by atoms with Gasteiger partial charge in [-0.1, -0.05) is 39.0 Å². The summed E-state index contributed by atoms with van der Waals surface area (Å²) < 4.78 is 0. The topological polar surface area (TPSA) is 49.4 Å². The van der Waals surface area contributed by atoms with Gasteiger partial charge >= 0.3 is 0 Å². The molecule has 2 unspecified atom stereocenters. The second kappa shape index (κ2) is 7.86. The van der Waals surface area contributed by atoms with Gasteiger partial charge < -0.3 is 10.2 Å². The van der Waals surface area contributed by atoms with Crippen LogP contribution >= 0.6 is 11.8 Å². The van der Waals surface area contributed by atoms with Crippen LogP contribution in [0.3, 0.4) is 0 Å². The Bertz CT molecular complexity index is 574. The van der Waals surface area contributed by atoms with E-state index in [1.807, 2.05) is 38.1 Å². The molecule has 1 aromatic rings. The number of amides is 2. The zero-order valence-corrected chi connectivity index (χ0v) is 15.2. The number of nitrogens with one attached hydrogen (secondary N) is 1. The van der Waals surface area contributed by atoms with E-state index in [1.54, 1.807) is 16.7 Å². The van der Waals surface area contributed by atoms with Crippen molar-refractivity contribution in [3.05, 3.63) is 35.4 Å². The summed E-state index contributed by atoms with van der Waals surface area (Å²) >= 11 is 1.70. The zero-order valence-electron chi connectivity index (χ0n) is 14.3. The Hall–Kier alpha value is -1.49. The summed E-state index contributed by atoms with van der Waals surface area (Å²) in [6.45, 7) is 8.81. The number of nitrogens with zero attached hydrogens (tertiary/aromatic N) is 1. The van der Waals surface area contributed by atoms with E-state index >= 15 is 0 Å². The maximum Gasteiger partial charge on any atom is 0.255 e. The van der Waals surface area contributed by atoms with Crippen LogP contribution in [0.15, 0.2) is 24.3 Å². The number of rotatable bonds is 5. The molecule has 0 radical (unpaired) electrons. The van der Waals surface area contributed by atoms with Crippen molar-refractivity contribution < 1.29 is 9.59 Å². The molecule has 0 bridgehead atoms. The van der Waals surface area contributed by atoms with Crippen LogP contribution in [-0.4, -0.2) is 40.4 Å². The van der Waals surface area contributed by atoms with Crippen LogP contribution in [0, 0.1) is 12.8 Å². The predicted octanol–water partition coefficient (Wildman–Crippen LogP) is 3.06. The van der Waals surface area contributed by atoms with Crippen LogP contribution in [-0.2, 0) is 4.79 Å². The highest BCUT2D eigenvalue weighted by Gasteiger charge is 2.43. The molecule has 126 valence electrons. The number of hydrogen-bond donors (Lipinski definition) is 1. The number of hydrogen-bond acceptors (Lipinski definition) is 3. The third-order valence-corrected chi connectivity index (χ3v) is 5.69. The fourth-order valence-corrected chi connectivity index (χ4v) is 4.30. The average Bonchev–Trinajstić information content (AvgIpc) is 2.97. The molecule has 1 N–H and O–H groups in total. The van der Waals surface area contributed by atoms with E-state index in [0.717, 1.165) is 12.0 Å². The first-order chi connectivity index (χ1) is 11.0. The van der Waals surface area contributed by atoms with Crippen LogP contribution in [0.5, 0.6) is 0 Å². The molecule has 0 saturated carbocycles. The van der Waals surface area contributed by atoms with Crippen molar-refractivity contribution in [1.82, 2.24) is 10.2 Å². The predicted molar refractivity (Wildman–Crippen MR) is 95.5 cm³/mol. The average molecular weight is 334 g/mol. The first kappa shape index (κ1) is 17.9. The minimum atomic E-state index is -0.383. The van der Waals surface area contributed by atoms with E-state index in [2.05, 4.69) is 19.2 Å². The summed E-state index contributed by atoms with van der Waals surface area (Å²) in [4.78, 5) is 27.4. The molecule has 1 aromatic carbocycles. The van der Waals surface area contributed by atoms with Crippen molar-refractivity contribution in [2.75, 3.05) is 12.3 Å². The monoisotopic (exact) mass is 334 g/mol. The number of thioether (sulfide) groups is 1. The van der Waals surface area contributed by atoms with Crippen molar-refractivity contribution in [2.45, 2.75) is 45.5 Å². The quantitative estimate of drug-likeness (QED) is 0.900. The van der Waals surface area contributed by atoms with Gasteiger partial charge in [0.1, 0.15) is 6.04 Å². The van der Waals surface area contributed by atoms with Crippen LogP contribution in [0.1, 0.15) is 43.1 Å². The van der Waals surface area contributed by atoms with E-state index in [1.165, 1.54) is 0 Å². The molecule has 4 nitrogen and oxygen atoms in total. The Labute approximate surface area is 143 Å². The Morgan fingerprint density at radius 2 is 2.04 bits per heavy atom. The third-order valence-electron chi connectivity index (χ3n) is 4.07. The van der Waals surface area contributed by atoms with Gasteiger partial charge in [-0.15, -0.1) is 11.8 Å². The molecular formula is C18H26N2O2S. The maximum absolute atomic E-state index is 13.1. The van der Waals surface area contributed by atoms with Crippen LogP contribution in [0.4, 0.5) is 0 Å².